The zero-order valence-electron chi connectivity index (χ0n) is 16.1. The molecule has 1 aromatic heterocycles. The Labute approximate surface area is 182 Å². The fourth-order valence-corrected chi connectivity index (χ4v) is 3.10. The third-order valence-electron chi connectivity index (χ3n) is 4.46. The number of para-hydroxylation sites is 1. The average Bonchev–Trinajstić information content (AvgIpc) is 2.79. The predicted octanol–water partition coefficient (Wildman–Crippen LogP) is 5.22. The van der Waals surface area contributed by atoms with Crippen molar-refractivity contribution in [2.24, 2.45) is 5.10 Å². The average molecular weight is 434 g/mol. The van der Waals surface area contributed by atoms with E-state index in [2.05, 4.69) is 20.5 Å². The topological polar surface area (TPSA) is 103 Å². The van der Waals surface area contributed by atoms with Gasteiger partial charge in [0, 0.05) is 33.7 Å². The summed E-state index contributed by atoms with van der Waals surface area (Å²) in [6, 6.07) is 19.1. The van der Waals surface area contributed by atoms with Gasteiger partial charge in [-0.2, -0.15) is 5.10 Å². The quantitative estimate of drug-likeness (QED) is 0.243. The molecule has 0 aliphatic heterocycles. The summed E-state index contributed by atoms with van der Waals surface area (Å²) in [5, 5.41) is 16.8. The van der Waals surface area contributed by atoms with Crippen molar-refractivity contribution in [2.75, 3.05) is 5.43 Å². The zero-order chi connectivity index (χ0) is 21.6. The van der Waals surface area contributed by atoms with Crippen LogP contribution in [0.1, 0.15) is 11.1 Å². The first-order valence-electron chi connectivity index (χ1n) is 9.25. The highest BCUT2D eigenvalue weighted by Gasteiger charge is 2.12. The van der Waals surface area contributed by atoms with Gasteiger partial charge in [-0.25, -0.2) is 9.97 Å². The number of nitro groups is 1. The number of hydrazone groups is 1. The smallest absolute Gasteiger partial charge is 0.270 e. The second kappa shape index (κ2) is 9.19. The van der Waals surface area contributed by atoms with Crippen molar-refractivity contribution in [1.29, 1.82) is 0 Å². The number of nitrogens with one attached hydrogen (secondary N) is 1. The number of anilines is 1. The molecule has 0 unspecified atom stereocenters. The van der Waals surface area contributed by atoms with Crippen LogP contribution in [0.3, 0.4) is 0 Å². The van der Waals surface area contributed by atoms with Crippen molar-refractivity contribution in [3.05, 3.63) is 99.3 Å². The van der Waals surface area contributed by atoms with Crippen molar-refractivity contribution in [2.45, 2.75) is 6.61 Å². The number of halogens is 1. The van der Waals surface area contributed by atoms with Crippen LogP contribution in [0.15, 0.2) is 78.2 Å². The van der Waals surface area contributed by atoms with Crippen LogP contribution < -0.4 is 10.2 Å². The van der Waals surface area contributed by atoms with E-state index in [-0.39, 0.29) is 12.3 Å². The van der Waals surface area contributed by atoms with Gasteiger partial charge in [-0.05, 0) is 24.3 Å². The van der Waals surface area contributed by atoms with E-state index in [0.29, 0.717) is 22.2 Å². The molecular formula is C22H16ClN5O3. The highest BCUT2D eigenvalue weighted by atomic mass is 35.5. The van der Waals surface area contributed by atoms with E-state index >= 15 is 0 Å². The van der Waals surface area contributed by atoms with Crippen LogP contribution in [0.25, 0.3) is 10.9 Å². The Kier molecular flexibility index (Phi) is 6.00. The van der Waals surface area contributed by atoms with E-state index in [1.165, 1.54) is 30.7 Å². The molecule has 0 radical (unpaired) electrons. The zero-order valence-corrected chi connectivity index (χ0v) is 16.9. The van der Waals surface area contributed by atoms with E-state index < -0.39 is 4.92 Å². The highest BCUT2D eigenvalue weighted by molar-refractivity contribution is 6.31. The van der Waals surface area contributed by atoms with Gasteiger partial charge in [-0.1, -0.05) is 41.9 Å². The maximum atomic E-state index is 11.2. The van der Waals surface area contributed by atoms with Gasteiger partial charge in [0.2, 0.25) is 0 Å². The minimum Gasteiger partial charge on any atom is -0.488 e. The highest BCUT2D eigenvalue weighted by Crippen LogP contribution is 2.25. The molecule has 0 spiro atoms. The van der Waals surface area contributed by atoms with E-state index in [9.17, 15) is 10.1 Å². The summed E-state index contributed by atoms with van der Waals surface area (Å²) >= 11 is 6.18. The molecule has 9 heteroatoms. The van der Waals surface area contributed by atoms with Crippen molar-refractivity contribution < 1.29 is 9.66 Å². The van der Waals surface area contributed by atoms with Gasteiger partial charge in [0.25, 0.3) is 5.69 Å². The summed E-state index contributed by atoms with van der Waals surface area (Å²) in [4.78, 5) is 19.1. The fourth-order valence-electron chi connectivity index (χ4n) is 2.91. The first-order valence-corrected chi connectivity index (χ1v) is 9.63. The Morgan fingerprint density at radius 2 is 1.90 bits per heavy atom. The summed E-state index contributed by atoms with van der Waals surface area (Å²) in [6.45, 7) is 0.211. The number of nitro benzene ring substituents is 1. The Morgan fingerprint density at radius 3 is 2.74 bits per heavy atom. The van der Waals surface area contributed by atoms with Gasteiger partial charge in [0.15, 0.2) is 5.82 Å². The SMILES string of the molecule is O=[N+]([O-])c1ccc(OCc2ccccc2Cl)c(C=NNc2ncnc3ccccc23)c1. The van der Waals surface area contributed by atoms with Gasteiger partial charge in [-0.3, -0.25) is 15.5 Å². The number of hydrogen-bond acceptors (Lipinski definition) is 7. The van der Waals surface area contributed by atoms with Crippen molar-refractivity contribution >= 4 is 40.2 Å². The molecule has 4 rings (SSSR count). The van der Waals surface area contributed by atoms with Gasteiger partial charge in [0.1, 0.15) is 18.7 Å². The number of non-ortho nitro benzene ring substituents is 1. The molecule has 0 aliphatic carbocycles. The van der Waals surface area contributed by atoms with Gasteiger partial charge in [0.05, 0.1) is 16.7 Å². The largest absolute Gasteiger partial charge is 0.488 e. The summed E-state index contributed by atoms with van der Waals surface area (Å²) in [7, 11) is 0. The number of nitrogens with zero attached hydrogens (tertiary/aromatic N) is 4. The number of rotatable bonds is 7. The summed E-state index contributed by atoms with van der Waals surface area (Å²) < 4.78 is 5.86. The number of aromatic nitrogens is 2. The maximum absolute atomic E-state index is 11.2. The molecule has 0 atom stereocenters. The number of ether oxygens (including phenoxy) is 1. The molecule has 0 saturated carbocycles. The van der Waals surface area contributed by atoms with Gasteiger partial charge < -0.3 is 4.74 Å². The molecule has 0 fully saturated rings. The van der Waals surface area contributed by atoms with Crippen molar-refractivity contribution in [3.63, 3.8) is 0 Å². The number of hydrogen-bond donors (Lipinski definition) is 1. The van der Waals surface area contributed by atoms with Crippen LogP contribution >= 0.6 is 11.6 Å². The molecule has 0 bridgehead atoms. The minimum absolute atomic E-state index is 0.0703. The first kappa shape index (κ1) is 20.2. The van der Waals surface area contributed by atoms with Crippen molar-refractivity contribution in [1.82, 2.24) is 9.97 Å². The number of fused-ring (bicyclic) bond motifs is 1. The molecule has 31 heavy (non-hydrogen) atoms. The lowest BCUT2D eigenvalue weighted by Crippen LogP contribution is -2.01. The molecule has 4 aromatic rings. The summed E-state index contributed by atoms with van der Waals surface area (Å²) in [5.74, 6) is 0.953. The van der Waals surface area contributed by atoms with E-state index in [4.69, 9.17) is 16.3 Å². The van der Waals surface area contributed by atoms with Crippen molar-refractivity contribution in [3.8, 4) is 5.75 Å². The van der Waals surface area contributed by atoms with Gasteiger partial charge in [-0.15, -0.1) is 0 Å². The third kappa shape index (κ3) is 4.76. The molecule has 3 aromatic carbocycles. The molecular weight excluding hydrogens is 418 g/mol. The lowest BCUT2D eigenvalue weighted by Gasteiger charge is -2.10. The van der Waals surface area contributed by atoms with E-state index in [1.54, 1.807) is 6.07 Å². The van der Waals surface area contributed by atoms with Gasteiger partial charge >= 0.3 is 0 Å². The van der Waals surface area contributed by atoms with Crippen LogP contribution in [-0.4, -0.2) is 21.1 Å². The second-order valence-electron chi connectivity index (χ2n) is 6.47. The Balaban J connectivity index is 1.58. The van der Waals surface area contributed by atoms with E-state index in [0.717, 1.165) is 16.5 Å². The number of benzene rings is 3. The minimum atomic E-state index is -0.472. The third-order valence-corrected chi connectivity index (χ3v) is 4.83. The lowest BCUT2D eigenvalue weighted by molar-refractivity contribution is -0.384. The standard InChI is InChI=1S/C22H16ClN5O3/c23-19-7-3-1-5-15(19)13-31-21-10-9-17(28(29)30)11-16(21)12-26-27-22-18-6-2-4-8-20(18)24-14-25-22/h1-12,14H,13H2,(H,24,25,27). The van der Waals surface area contributed by atoms with Crippen LogP contribution in [-0.2, 0) is 6.61 Å². The molecule has 8 nitrogen and oxygen atoms in total. The molecule has 154 valence electrons. The first-order chi connectivity index (χ1) is 15.1. The van der Waals surface area contributed by atoms with E-state index in [1.807, 2.05) is 42.5 Å². The second-order valence-corrected chi connectivity index (χ2v) is 6.88. The fraction of sp³-hybridized carbons (Fsp3) is 0.0455. The summed E-state index contributed by atoms with van der Waals surface area (Å²) in [5.41, 5.74) is 4.81. The maximum Gasteiger partial charge on any atom is 0.270 e. The Morgan fingerprint density at radius 1 is 1.10 bits per heavy atom. The normalized spacial score (nSPS) is 11.0. The summed E-state index contributed by atoms with van der Waals surface area (Å²) in [6.07, 6.45) is 2.89. The van der Waals surface area contributed by atoms with Crippen LogP contribution in [0.5, 0.6) is 5.75 Å². The Hall–Kier alpha value is -4.04. The molecule has 0 saturated heterocycles. The van der Waals surface area contributed by atoms with Crippen LogP contribution in [0, 0.1) is 10.1 Å². The molecule has 0 aliphatic rings. The Bertz CT molecular complexity index is 1270. The van der Waals surface area contributed by atoms with Crippen LogP contribution in [0.4, 0.5) is 11.5 Å². The molecule has 1 N–H and O–H groups in total. The monoisotopic (exact) mass is 433 g/mol. The predicted molar refractivity (Wildman–Crippen MR) is 120 cm³/mol. The molecule has 1 heterocycles. The molecule has 0 amide bonds. The van der Waals surface area contributed by atoms with Crippen LogP contribution in [0.2, 0.25) is 5.02 Å². The lowest BCUT2D eigenvalue weighted by atomic mass is 10.2.